The van der Waals surface area contributed by atoms with E-state index in [-0.39, 0.29) is 11.9 Å². The molecule has 3 atom stereocenters. The second-order valence-corrected chi connectivity index (χ2v) is 9.64. The van der Waals surface area contributed by atoms with Gasteiger partial charge in [0.2, 0.25) is 5.91 Å². The third kappa shape index (κ3) is 9.20. The third-order valence-corrected chi connectivity index (χ3v) is 6.68. The van der Waals surface area contributed by atoms with Gasteiger partial charge < -0.3 is 15.5 Å². The van der Waals surface area contributed by atoms with Gasteiger partial charge in [-0.1, -0.05) is 0 Å². The first-order valence-corrected chi connectivity index (χ1v) is 11.7. The molecule has 0 bridgehead atoms. The van der Waals surface area contributed by atoms with Crippen molar-refractivity contribution in [3.8, 4) is 0 Å². The van der Waals surface area contributed by atoms with E-state index in [1.54, 1.807) is 11.3 Å². The minimum absolute atomic E-state index is 0.0794. The number of hydrogen-bond acceptors (Lipinski definition) is 7. The molecule has 3 aliphatic rings. The van der Waals surface area contributed by atoms with Gasteiger partial charge in [-0.2, -0.15) is 26.3 Å². The molecule has 0 unspecified atom stereocenters. The van der Waals surface area contributed by atoms with Crippen LogP contribution in [0.15, 0.2) is 11.6 Å². The maximum atomic E-state index is 12.4. The molecule has 204 valence electrons. The van der Waals surface area contributed by atoms with Gasteiger partial charge in [0.1, 0.15) is 5.01 Å². The minimum Gasteiger partial charge on any atom is -0.475 e. The number of alkyl halides is 6. The largest absolute Gasteiger partial charge is 0.490 e. The predicted octanol–water partition coefficient (Wildman–Crippen LogP) is 2.44. The minimum atomic E-state index is -5.08. The Kier molecular flexibility index (Phi) is 10.1. The number of fused-ring (bicyclic) bond motifs is 1. The second-order valence-electron chi connectivity index (χ2n) is 8.66. The Hall–Kier alpha value is -2.46. The van der Waals surface area contributed by atoms with Crippen LogP contribution in [0.2, 0.25) is 0 Å². The Labute approximate surface area is 206 Å². The van der Waals surface area contributed by atoms with Crippen molar-refractivity contribution in [3.05, 3.63) is 16.6 Å². The van der Waals surface area contributed by atoms with Crippen molar-refractivity contribution >= 4 is 29.2 Å². The highest BCUT2D eigenvalue weighted by molar-refractivity contribution is 7.09. The van der Waals surface area contributed by atoms with E-state index in [4.69, 9.17) is 19.8 Å². The van der Waals surface area contributed by atoms with E-state index >= 15 is 0 Å². The third-order valence-electron chi connectivity index (χ3n) is 5.91. The Morgan fingerprint density at radius 1 is 1.08 bits per heavy atom. The van der Waals surface area contributed by atoms with Crippen LogP contribution in [0.3, 0.4) is 0 Å². The molecule has 3 fully saturated rings. The smallest absolute Gasteiger partial charge is 0.475 e. The Balaban J connectivity index is 0.000000271. The summed E-state index contributed by atoms with van der Waals surface area (Å²) in [5, 5.41) is 20.6. The monoisotopic (exact) mass is 548 g/mol. The summed E-state index contributed by atoms with van der Waals surface area (Å²) in [7, 11) is 2.12. The Morgan fingerprint density at radius 3 is 2.06 bits per heavy atom. The quantitative estimate of drug-likeness (QED) is 0.480. The number of aliphatic carboxylic acids is 2. The summed E-state index contributed by atoms with van der Waals surface area (Å²) in [6.45, 7) is 4.00. The summed E-state index contributed by atoms with van der Waals surface area (Å²) >= 11 is 1.73. The molecular weight excluding hydrogens is 522 g/mol. The molecule has 2 saturated heterocycles. The summed E-state index contributed by atoms with van der Waals surface area (Å²) in [6.07, 6.45) is -4.70. The number of amides is 1. The van der Waals surface area contributed by atoms with Gasteiger partial charge in [-0.25, -0.2) is 14.6 Å². The van der Waals surface area contributed by atoms with Crippen LogP contribution in [0.5, 0.6) is 0 Å². The SMILES string of the molecule is CN1[C@@H](C(=O)NCC2CC2)C[C@H]2CN(Cc3nccs3)C[C@H]21.O=C(O)C(F)(F)F.O=C(O)C(F)(F)F. The number of aromatic nitrogens is 1. The van der Waals surface area contributed by atoms with E-state index < -0.39 is 24.3 Å². The number of likely N-dealkylation sites (tertiary alicyclic amines) is 2. The zero-order valence-corrected chi connectivity index (χ0v) is 19.9. The lowest BCUT2D eigenvalue weighted by atomic mass is 10.0. The number of likely N-dealkylation sites (N-methyl/N-ethyl adjacent to an activating group) is 1. The first kappa shape index (κ1) is 29.8. The topological polar surface area (TPSA) is 123 Å². The van der Waals surface area contributed by atoms with Crippen LogP contribution in [0.1, 0.15) is 24.3 Å². The van der Waals surface area contributed by atoms with Gasteiger partial charge in [-0.05, 0) is 38.1 Å². The van der Waals surface area contributed by atoms with Gasteiger partial charge in [0.15, 0.2) is 0 Å². The van der Waals surface area contributed by atoms with E-state index in [0.717, 1.165) is 38.5 Å². The Bertz CT molecular complexity index is 870. The zero-order valence-electron chi connectivity index (χ0n) is 19.1. The number of halogens is 6. The van der Waals surface area contributed by atoms with Crippen molar-refractivity contribution in [1.29, 1.82) is 0 Å². The molecule has 0 radical (unpaired) electrons. The molecule has 1 saturated carbocycles. The van der Waals surface area contributed by atoms with Crippen LogP contribution >= 0.6 is 11.3 Å². The fraction of sp³-hybridized carbons (Fsp3) is 0.700. The number of hydrogen-bond donors (Lipinski definition) is 3. The number of nitrogens with one attached hydrogen (secondary N) is 1. The average Bonchev–Trinajstić information content (AvgIpc) is 3.14. The van der Waals surface area contributed by atoms with Crippen LogP contribution in [0.4, 0.5) is 26.3 Å². The molecule has 9 nitrogen and oxygen atoms in total. The van der Waals surface area contributed by atoms with E-state index in [1.807, 2.05) is 11.6 Å². The predicted molar refractivity (Wildman–Crippen MR) is 114 cm³/mol. The molecule has 36 heavy (non-hydrogen) atoms. The van der Waals surface area contributed by atoms with Crippen LogP contribution in [-0.4, -0.2) is 94.0 Å². The fourth-order valence-electron chi connectivity index (χ4n) is 3.95. The van der Waals surface area contributed by atoms with Crippen molar-refractivity contribution in [2.45, 2.75) is 50.2 Å². The number of nitrogens with zero attached hydrogens (tertiary/aromatic N) is 3. The maximum absolute atomic E-state index is 12.4. The van der Waals surface area contributed by atoms with Gasteiger partial charge in [-0.3, -0.25) is 14.6 Å². The number of carboxylic acids is 2. The van der Waals surface area contributed by atoms with E-state index in [2.05, 4.69) is 27.1 Å². The molecular formula is C20H26F6N4O5S. The van der Waals surface area contributed by atoms with Crippen LogP contribution in [-0.2, 0) is 20.9 Å². The number of carbonyl (C=O) groups is 3. The van der Waals surface area contributed by atoms with E-state index in [9.17, 15) is 31.1 Å². The van der Waals surface area contributed by atoms with E-state index in [1.165, 1.54) is 17.8 Å². The fourth-order valence-corrected chi connectivity index (χ4v) is 4.60. The maximum Gasteiger partial charge on any atom is 0.490 e. The van der Waals surface area contributed by atoms with Gasteiger partial charge in [0.25, 0.3) is 0 Å². The first-order chi connectivity index (χ1) is 16.6. The molecule has 0 aromatic carbocycles. The Morgan fingerprint density at radius 2 is 1.64 bits per heavy atom. The zero-order chi connectivity index (χ0) is 27.3. The van der Waals surface area contributed by atoms with Crippen molar-refractivity contribution in [2.24, 2.45) is 11.8 Å². The van der Waals surface area contributed by atoms with Crippen molar-refractivity contribution in [3.63, 3.8) is 0 Å². The highest BCUT2D eigenvalue weighted by Gasteiger charge is 2.47. The van der Waals surface area contributed by atoms with Crippen LogP contribution in [0.25, 0.3) is 0 Å². The molecule has 0 spiro atoms. The molecule has 4 rings (SSSR count). The molecule has 1 aliphatic carbocycles. The summed E-state index contributed by atoms with van der Waals surface area (Å²) < 4.78 is 63.5. The normalized spacial score (nSPS) is 24.1. The number of rotatable bonds is 5. The number of carboxylic acid groups (broad SMARTS) is 2. The van der Waals surface area contributed by atoms with Crippen LogP contribution < -0.4 is 5.32 Å². The number of thiazole rings is 1. The lowest BCUT2D eigenvalue weighted by molar-refractivity contribution is -0.193. The average molecular weight is 549 g/mol. The molecule has 1 aromatic rings. The molecule has 1 aromatic heterocycles. The van der Waals surface area contributed by atoms with Crippen molar-refractivity contribution < 1.29 is 50.9 Å². The lowest BCUT2D eigenvalue weighted by Crippen LogP contribution is -2.46. The molecule has 1 amide bonds. The summed E-state index contributed by atoms with van der Waals surface area (Å²) in [4.78, 5) is 39.4. The van der Waals surface area contributed by atoms with Gasteiger partial charge in [0.05, 0.1) is 12.6 Å². The summed E-state index contributed by atoms with van der Waals surface area (Å²) in [5.74, 6) is -3.89. The van der Waals surface area contributed by atoms with E-state index in [0.29, 0.717) is 12.0 Å². The first-order valence-electron chi connectivity index (χ1n) is 10.8. The standard InChI is InChI=1S/C16H24N4OS.2C2HF3O2/c1-19-13(16(21)18-7-11-2-3-11)6-12-8-20(9-14(12)19)10-15-17-4-5-22-15;2*3-2(4,5)1(6)7/h4-5,11-14H,2-3,6-10H2,1H3,(H,18,21);2*(H,6,7)/t12-,13+,14+;;/m0../s1. The number of carbonyl (C=O) groups excluding carboxylic acids is 1. The molecule has 2 aliphatic heterocycles. The summed E-state index contributed by atoms with van der Waals surface area (Å²) in [5.41, 5.74) is 0. The molecule has 3 heterocycles. The second kappa shape index (κ2) is 12.2. The van der Waals surface area contributed by atoms with Crippen LogP contribution in [0, 0.1) is 11.8 Å². The highest BCUT2D eigenvalue weighted by Crippen LogP contribution is 2.35. The molecule has 16 heteroatoms. The van der Waals surface area contributed by atoms with Crippen molar-refractivity contribution in [1.82, 2.24) is 20.1 Å². The molecule has 3 N–H and O–H groups in total. The van der Waals surface area contributed by atoms with Gasteiger partial charge in [0, 0.05) is 37.3 Å². The summed E-state index contributed by atoms with van der Waals surface area (Å²) in [6, 6.07) is 0.604. The van der Waals surface area contributed by atoms with Gasteiger partial charge >= 0.3 is 24.3 Å². The van der Waals surface area contributed by atoms with Crippen molar-refractivity contribution in [2.75, 3.05) is 26.7 Å². The van der Waals surface area contributed by atoms with Gasteiger partial charge in [-0.15, -0.1) is 11.3 Å². The highest BCUT2D eigenvalue weighted by atomic mass is 32.1. The lowest BCUT2D eigenvalue weighted by Gasteiger charge is -2.25.